The minimum absolute atomic E-state index is 0.0283. The van der Waals surface area contributed by atoms with Gasteiger partial charge in [0.05, 0.1) is 29.8 Å². The molecule has 0 spiro atoms. The van der Waals surface area contributed by atoms with Crippen molar-refractivity contribution in [1.82, 2.24) is 20.2 Å². The van der Waals surface area contributed by atoms with Gasteiger partial charge in [-0.2, -0.15) is 44.3 Å². The predicted octanol–water partition coefficient (Wildman–Crippen LogP) is 7.64. The number of alkyl halides is 9. The van der Waals surface area contributed by atoms with Crippen LogP contribution in [0.5, 0.6) is 0 Å². The maximum absolute atomic E-state index is 14.2. The zero-order chi connectivity index (χ0) is 31.5. The molecule has 1 aliphatic carbocycles. The number of nitrogens with zero attached hydrogens (tertiary/aromatic N) is 6. The lowest BCUT2D eigenvalue weighted by Crippen LogP contribution is -2.31. The van der Waals surface area contributed by atoms with Gasteiger partial charge in [-0.25, -0.2) is 0 Å². The summed E-state index contributed by atoms with van der Waals surface area (Å²) in [5.41, 5.74) is -3.16. The van der Waals surface area contributed by atoms with Gasteiger partial charge in [0, 0.05) is 25.3 Å². The number of hydrogen-bond donors (Lipinski definition) is 0. The Labute approximate surface area is 241 Å². The number of tetrazole rings is 1. The standard InChI is InChI=1S/C28H29F9N6/c1-15-9-21-22(5-4-8-42(13-17-6-7-17)24(21)16(2)23(15)28(35,36)37)43(25-38-40-41(3)39-25)14-18-10-19(26(29,30)31)12-20(11-18)27(32,33)34/h9-12,17,22H,4-8,13-14H2,1-3H3. The van der Waals surface area contributed by atoms with Gasteiger partial charge < -0.3 is 9.80 Å². The average molecular weight is 621 g/mol. The quantitative estimate of drug-likeness (QED) is 0.265. The molecule has 0 radical (unpaired) electrons. The van der Waals surface area contributed by atoms with E-state index in [1.807, 2.05) is 4.90 Å². The molecule has 2 aromatic carbocycles. The Balaban J connectivity index is 1.68. The lowest BCUT2D eigenvalue weighted by Gasteiger charge is -2.34. The summed E-state index contributed by atoms with van der Waals surface area (Å²) in [4.78, 5) is 4.47. The monoisotopic (exact) mass is 620 g/mol. The highest BCUT2D eigenvalue weighted by molar-refractivity contribution is 5.67. The molecule has 0 bridgehead atoms. The van der Waals surface area contributed by atoms with Crippen LogP contribution in [0.3, 0.4) is 0 Å². The first-order valence-corrected chi connectivity index (χ1v) is 13.7. The van der Waals surface area contributed by atoms with Crippen molar-refractivity contribution in [3.8, 4) is 0 Å². The topological polar surface area (TPSA) is 50.1 Å². The summed E-state index contributed by atoms with van der Waals surface area (Å²) in [7, 11) is 1.45. The molecule has 1 fully saturated rings. The van der Waals surface area contributed by atoms with Crippen LogP contribution in [0.2, 0.25) is 0 Å². The second-order valence-electron chi connectivity index (χ2n) is 11.3. The van der Waals surface area contributed by atoms with Crippen LogP contribution in [0.4, 0.5) is 51.1 Å². The van der Waals surface area contributed by atoms with Gasteiger partial charge in [0.25, 0.3) is 5.95 Å². The fourth-order valence-corrected chi connectivity index (χ4v) is 5.99. The third kappa shape index (κ3) is 6.54. The first-order valence-electron chi connectivity index (χ1n) is 13.7. The first-order chi connectivity index (χ1) is 19.9. The molecule has 234 valence electrons. The normalized spacial score (nSPS) is 18.0. The Morgan fingerprint density at radius 2 is 1.49 bits per heavy atom. The lowest BCUT2D eigenvalue weighted by atomic mass is 9.90. The SMILES string of the molecule is Cc1cc2c(c(C)c1C(F)(F)F)N(CC1CC1)CCCC2N(Cc1cc(C(F)(F)F)cc(C(F)(F)F)c1)c1nnn(C)n1. The van der Waals surface area contributed by atoms with E-state index in [0.29, 0.717) is 55.2 Å². The number of rotatable bonds is 6. The van der Waals surface area contributed by atoms with E-state index >= 15 is 0 Å². The van der Waals surface area contributed by atoms with E-state index in [2.05, 4.69) is 15.4 Å². The Kier molecular flexibility index (Phi) is 7.83. The minimum Gasteiger partial charge on any atom is -0.371 e. The van der Waals surface area contributed by atoms with Gasteiger partial charge in [-0.3, -0.25) is 0 Å². The maximum Gasteiger partial charge on any atom is 0.416 e. The number of hydrogen-bond acceptors (Lipinski definition) is 5. The summed E-state index contributed by atoms with van der Waals surface area (Å²) in [5, 5.41) is 12.0. The van der Waals surface area contributed by atoms with Crippen molar-refractivity contribution >= 4 is 11.6 Å². The number of benzene rings is 2. The Morgan fingerprint density at radius 1 is 0.860 bits per heavy atom. The van der Waals surface area contributed by atoms with Crippen LogP contribution in [0.15, 0.2) is 24.3 Å². The molecule has 1 aliphatic heterocycles. The predicted molar refractivity (Wildman–Crippen MR) is 139 cm³/mol. The molecule has 15 heteroatoms. The van der Waals surface area contributed by atoms with E-state index in [1.165, 1.54) is 31.9 Å². The fraction of sp³-hybridized carbons (Fsp3) is 0.536. The van der Waals surface area contributed by atoms with Crippen molar-refractivity contribution in [3.05, 3.63) is 63.2 Å². The van der Waals surface area contributed by atoms with Crippen molar-refractivity contribution in [2.45, 2.75) is 70.6 Å². The number of aryl methyl sites for hydroxylation is 2. The third-order valence-electron chi connectivity index (χ3n) is 7.94. The zero-order valence-corrected chi connectivity index (χ0v) is 23.5. The van der Waals surface area contributed by atoms with E-state index in [1.54, 1.807) is 0 Å². The minimum atomic E-state index is -5.05. The van der Waals surface area contributed by atoms with Crippen LogP contribution in [0.25, 0.3) is 0 Å². The molecule has 2 heterocycles. The third-order valence-corrected chi connectivity index (χ3v) is 7.94. The molecule has 0 saturated heterocycles. The summed E-state index contributed by atoms with van der Waals surface area (Å²) in [5.74, 6) is 0.262. The fourth-order valence-electron chi connectivity index (χ4n) is 5.99. The van der Waals surface area contributed by atoms with Gasteiger partial charge in [0.2, 0.25) is 0 Å². The zero-order valence-electron chi connectivity index (χ0n) is 23.5. The van der Waals surface area contributed by atoms with Crippen molar-refractivity contribution in [3.63, 3.8) is 0 Å². The summed E-state index contributed by atoms with van der Waals surface area (Å²) in [6.45, 7) is 3.25. The Bertz CT molecular complexity index is 1460. The number of halogens is 9. The second kappa shape index (κ2) is 10.9. The van der Waals surface area contributed by atoms with Crippen LogP contribution in [0.1, 0.15) is 70.7 Å². The molecular formula is C28H29F9N6. The Hall–Kier alpha value is -3.52. The summed E-state index contributed by atoms with van der Waals surface area (Å²) >= 11 is 0. The molecule has 1 unspecified atom stereocenters. The van der Waals surface area contributed by atoms with Crippen LogP contribution in [-0.4, -0.2) is 33.3 Å². The highest BCUT2D eigenvalue weighted by Crippen LogP contribution is 2.47. The van der Waals surface area contributed by atoms with Gasteiger partial charge >= 0.3 is 18.5 Å². The molecule has 1 aromatic heterocycles. The maximum atomic E-state index is 14.2. The highest BCUT2D eigenvalue weighted by atomic mass is 19.4. The molecule has 1 saturated carbocycles. The molecule has 0 N–H and O–H groups in total. The van der Waals surface area contributed by atoms with Gasteiger partial charge in [-0.1, -0.05) is 11.2 Å². The van der Waals surface area contributed by atoms with Crippen molar-refractivity contribution in [1.29, 1.82) is 0 Å². The van der Waals surface area contributed by atoms with E-state index in [9.17, 15) is 39.5 Å². The van der Waals surface area contributed by atoms with E-state index in [4.69, 9.17) is 0 Å². The molecule has 5 rings (SSSR count). The largest absolute Gasteiger partial charge is 0.416 e. The second-order valence-corrected chi connectivity index (χ2v) is 11.3. The molecular weight excluding hydrogens is 591 g/mol. The van der Waals surface area contributed by atoms with Gasteiger partial charge in [-0.05, 0) is 91.1 Å². The molecule has 1 atom stereocenters. The summed E-state index contributed by atoms with van der Waals surface area (Å²) < 4.78 is 125. The van der Waals surface area contributed by atoms with Gasteiger partial charge in [0.1, 0.15) is 0 Å². The Morgan fingerprint density at radius 3 is 2.00 bits per heavy atom. The number of anilines is 2. The highest BCUT2D eigenvalue weighted by Gasteiger charge is 2.41. The van der Waals surface area contributed by atoms with Crippen LogP contribution < -0.4 is 9.80 Å². The van der Waals surface area contributed by atoms with Gasteiger partial charge in [-0.15, -0.1) is 5.10 Å². The smallest absolute Gasteiger partial charge is 0.371 e. The van der Waals surface area contributed by atoms with Crippen molar-refractivity contribution in [2.24, 2.45) is 13.0 Å². The van der Waals surface area contributed by atoms with Crippen molar-refractivity contribution < 1.29 is 39.5 Å². The van der Waals surface area contributed by atoms with Crippen LogP contribution in [-0.2, 0) is 32.1 Å². The van der Waals surface area contributed by atoms with Crippen LogP contribution in [0, 0.1) is 19.8 Å². The van der Waals surface area contributed by atoms with Crippen LogP contribution >= 0.6 is 0 Å². The lowest BCUT2D eigenvalue weighted by molar-refractivity contribution is -0.143. The van der Waals surface area contributed by atoms with Gasteiger partial charge in [0.15, 0.2) is 0 Å². The van der Waals surface area contributed by atoms with E-state index in [-0.39, 0.29) is 28.7 Å². The molecule has 3 aromatic rings. The molecule has 2 aliphatic rings. The molecule has 43 heavy (non-hydrogen) atoms. The first kappa shape index (κ1) is 30.9. The molecule has 6 nitrogen and oxygen atoms in total. The summed E-state index contributed by atoms with van der Waals surface area (Å²) in [6, 6.07) is 1.98. The van der Waals surface area contributed by atoms with Crippen molar-refractivity contribution in [2.75, 3.05) is 22.9 Å². The van der Waals surface area contributed by atoms with E-state index in [0.717, 1.165) is 17.6 Å². The molecule has 0 amide bonds. The number of aromatic nitrogens is 4. The van der Waals surface area contributed by atoms with E-state index < -0.39 is 47.8 Å². The number of fused-ring (bicyclic) bond motifs is 1. The summed E-state index contributed by atoms with van der Waals surface area (Å²) in [6.07, 6.45) is -12.0. The average Bonchev–Trinajstić information content (AvgIpc) is 3.62.